The highest BCUT2D eigenvalue weighted by molar-refractivity contribution is 8.00. The van der Waals surface area contributed by atoms with Gasteiger partial charge in [0, 0.05) is 16.0 Å². The number of aromatic nitrogens is 3. The highest BCUT2D eigenvalue weighted by atomic mass is 35.5. The van der Waals surface area contributed by atoms with Gasteiger partial charge < -0.3 is 9.88 Å². The minimum absolute atomic E-state index is 0.0780. The summed E-state index contributed by atoms with van der Waals surface area (Å²) in [6.07, 6.45) is 2.29. The van der Waals surface area contributed by atoms with E-state index in [2.05, 4.69) is 32.2 Å². The predicted octanol–water partition coefficient (Wildman–Crippen LogP) is 5.87. The summed E-state index contributed by atoms with van der Waals surface area (Å²) in [5, 5.41) is 13.4. The summed E-state index contributed by atoms with van der Waals surface area (Å²) in [6.45, 7) is 4.50. The van der Waals surface area contributed by atoms with Crippen LogP contribution in [0.2, 0.25) is 10.0 Å². The minimum atomic E-state index is -0.334. The van der Waals surface area contributed by atoms with Crippen molar-refractivity contribution in [3.8, 4) is 0 Å². The number of nitrogens with zero attached hydrogens (tertiary/aromatic N) is 3. The second-order valence-corrected chi connectivity index (χ2v) is 9.99. The molecule has 2 aromatic carbocycles. The number of rotatable bonds is 8. The smallest absolute Gasteiger partial charge is 0.233 e. The number of hydrogen-bond acceptors (Lipinski definition) is 4. The van der Waals surface area contributed by atoms with Crippen LogP contribution in [-0.4, -0.2) is 25.9 Å². The Morgan fingerprint density at radius 3 is 2.58 bits per heavy atom. The lowest BCUT2D eigenvalue weighted by atomic mass is 10.1. The van der Waals surface area contributed by atoms with E-state index in [-0.39, 0.29) is 17.2 Å². The SMILES string of the molecule is CC(Sc1nnc(C2CC2)n1Cc1ccccc1)C(=O)NC(C)c1ccc(Cl)cc1Cl. The molecule has 2 unspecified atom stereocenters. The van der Waals surface area contributed by atoms with Gasteiger partial charge in [0.2, 0.25) is 5.91 Å². The first-order valence-electron chi connectivity index (χ1n) is 10.3. The van der Waals surface area contributed by atoms with Crippen molar-refractivity contribution >= 4 is 40.9 Å². The van der Waals surface area contributed by atoms with Crippen LogP contribution in [0.4, 0.5) is 0 Å². The first-order chi connectivity index (χ1) is 14.9. The maximum absolute atomic E-state index is 12.9. The molecule has 0 aliphatic heterocycles. The molecule has 1 aliphatic carbocycles. The van der Waals surface area contributed by atoms with E-state index in [1.54, 1.807) is 12.1 Å². The molecule has 1 heterocycles. The summed E-state index contributed by atoms with van der Waals surface area (Å²) in [4.78, 5) is 12.9. The van der Waals surface area contributed by atoms with Gasteiger partial charge in [-0.3, -0.25) is 4.79 Å². The zero-order chi connectivity index (χ0) is 22.0. The zero-order valence-electron chi connectivity index (χ0n) is 17.4. The number of benzene rings is 2. The summed E-state index contributed by atoms with van der Waals surface area (Å²) in [6, 6.07) is 15.3. The van der Waals surface area contributed by atoms with E-state index in [0.717, 1.165) is 29.4 Å². The molecule has 3 aromatic rings. The van der Waals surface area contributed by atoms with Crippen LogP contribution in [0, 0.1) is 0 Å². The van der Waals surface area contributed by atoms with Crippen molar-refractivity contribution in [3.05, 3.63) is 75.5 Å². The molecule has 31 heavy (non-hydrogen) atoms. The normalized spacial score (nSPS) is 15.5. The molecule has 1 aliphatic rings. The van der Waals surface area contributed by atoms with Crippen molar-refractivity contribution in [1.82, 2.24) is 20.1 Å². The zero-order valence-corrected chi connectivity index (χ0v) is 19.7. The molecule has 162 valence electrons. The van der Waals surface area contributed by atoms with Gasteiger partial charge in [-0.15, -0.1) is 10.2 Å². The standard InChI is InChI=1S/C23H24Cl2N4OS/c1-14(19-11-10-18(24)12-20(19)25)26-22(30)15(2)31-23-28-27-21(17-8-9-17)29(23)13-16-6-4-3-5-7-16/h3-7,10-12,14-15,17H,8-9,13H2,1-2H3,(H,26,30). The molecule has 0 radical (unpaired) electrons. The Morgan fingerprint density at radius 1 is 1.16 bits per heavy atom. The van der Waals surface area contributed by atoms with Crippen LogP contribution in [0.5, 0.6) is 0 Å². The van der Waals surface area contributed by atoms with Crippen LogP contribution in [0.1, 0.15) is 55.6 Å². The lowest BCUT2D eigenvalue weighted by Crippen LogP contribution is -2.33. The van der Waals surface area contributed by atoms with Crippen LogP contribution in [0.3, 0.4) is 0 Å². The van der Waals surface area contributed by atoms with E-state index >= 15 is 0 Å². The van der Waals surface area contributed by atoms with Crippen LogP contribution in [0.15, 0.2) is 53.7 Å². The fraction of sp³-hybridized carbons (Fsp3) is 0.348. The highest BCUT2D eigenvalue weighted by Gasteiger charge is 2.31. The van der Waals surface area contributed by atoms with Gasteiger partial charge in [0.05, 0.1) is 17.8 Å². The second-order valence-electron chi connectivity index (χ2n) is 7.84. The van der Waals surface area contributed by atoms with E-state index in [9.17, 15) is 4.79 Å². The molecule has 1 saturated carbocycles. The Balaban J connectivity index is 1.46. The molecule has 1 amide bonds. The fourth-order valence-electron chi connectivity index (χ4n) is 3.42. The van der Waals surface area contributed by atoms with Gasteiger partial charge in [-0.2, -0.15) is 0 Å². The van der Waals surface area contributed by atoms with Crippen molar-refractivity contribution in [2.45, 2.75) is 55.6 Å². The molecule has 1 aromatic heterocycles. The van der Waals surface area contributed by atoms with Gasteiger partial charge >= 0.3 is 0 Å². The number of halogens is 2. The maximum atomic E-state index is 12.9. The Labute approximate surface area is 196 Å². The molecular formula is C23H24Cl2N4OS. The van der Waals surface area contributed by atoms with Crippen molar-refractivity contribution in [2.75, 3.05) is 0 Å². The van der Waals surface area contributed by atoms with Crippen molar-refractivity contribution < 1.29 is 4.79 Å². The summed E-state index contributed by atoms with van der Waals surface area (Å²) < 4.78 is 2.15. The number of hydrogen-bond donors (Lipinski definition) is 1. The lowest BCUT2D eigenvalue weighted by molar-refractivity contribution is -0.120. The largest absolute Gasteiger partial charge is 0.349 e. The van der Waals surface area contributed by atoms with Crippen molar-refractivity contribution in [2.24, 2.45) is 0 Å². The monoisotopic (exact) mass is 474 g/mol. The third-order valence-electron chi connectivity index (χ3n) is 5.31. The Morgan fingerprint density at radius 2 is 1.90 bits per heavy atom. The van der Waals surface area contributed by atoms with E-state index in [0.29, 0.717) is 22.5 Å². The van der Waals surface area contributed by atoms with E-state index in [1.165, 1.54) is 17.3 Å². The maximum Gasteiger partial charge on any atom is 0.233 e. The fourth-order valence-corrected chi connectivity index (χ4v) is 4.85. The predicted molar refractivity (Wildman–Crippen MR) is 126 cm³/mol. The van der Waals surface area contributed by atoms with Gasteiger partial charge in [-0.1, -0.05) is 71.4 Å². The average Bonchev–Trinajstić information content (AvgIpc) is 3.51. The van der Waals surface area contributed by atoms with Gasteiger partial charge in [0.15, 0.2) is 5.16 Å². The third kappa shape index (κ3) is 5.43. The summed E-state index contributed by atoms with van der Waals surface area (Å²) in [7, 11) is 0. The summed E-state index contributed by atoms with van der Waals surface area (Å²) in [5.41, 5.74) is 2.02. The molecule has 1 fully saturated rings. The number of thioether (sulfide) groups is 1. The third-order valence-corrected chi connectivity index (χ3v) is 6.95. The minimum Gasteiger partial charge on any atom is -0.349 e. The molecule has 8 heteroatoms. The molecule has 2 atom stereocenters. The highest BCUT2D eigenvalue weighted by Crippen LogP contribution is 2.40. The number of amides is 1. The van der Waals surface area contributed by atoms with Crippen molar-refractivity contribution in [1.29, 1.82) is 0 Å². The second kappa shape index (κ2) is 9.63. The Kier molecular flexibility index (Phi) is 6.89. The number of nitrogens with one attached hydrogen (secondary N) is 1. The van der Waals surface area contributed by atoms with Crippen LogP contribution >= 0.6 is 35.0 Å². The topological polar surface area (TPSA) is 59.8 Å². The van der Waals surface area contributed by atoms with Gasteiger partial charge in [-0.05, 0) is 49.9 Å². The summed E-state index contributed by atoms with van der Waals surface area (Å²) in [5.74, 6) is 1.41. The summed E-state index contributed by atoms with van der Waals surface area (Å²) >= 11 is 13.7. The number of carbonyl (C=O) groups excluding carboxylic acids is 1. The van der Waals surface area contributed by atoms with E-state index in [1.807, 2.05) is 38.1 Å². The van der Waals surface area contributed by atoms with Crippen LogP contribution in [-0.2, 0) is 11.3 Å². The number of carbonyl (C=O) groups is 1. The first-order valence-corrected chi connectivity index (χ1v) is 11.9. The molecule has 0 spiro atoms. The van der Waals surface area contributed by atoms with Gasteiger partial charge in [-0.25, -0.2) is 0 Å². The lowest BCUT2D eigenvalue weighted by Gasteiger charge is -2.19. The molecule has 5 nitrogen and oxygen atoms in total. The van der Waals surface area contributed by atoms with E-state index in [4.69, 9.17) is 23.2 Å². The van der Waals surface area contributed by atoms with E-state index < -0.39 is 0 Å². The van der Waals surface area contributed by atoms with Crippen LogP contribution in [0.25, 0.3) is 0 Å². The molecule has 1 N–H and O–H groups in total. The Bertz CT molecular complexity index is 1070. The molecular weight excluding hydrogens is 451 g/mol. The van der Waals surface area contributed by atoms with Gasteiger partial charge in [0.25, 0.3) is 0 Å². The van der Waals surface area contributed by atoms with Crippen LogP contribution < -0.4 is 5.32 Å². The first kappa shape index (κ1) is 22.2. The Hall–Kier alpha value is -2.02. The van der Waals surface area contributed by atoms with Crippen molar-refractivity contribution in [3.63, 3.8) is 0 Å². The molecule has 0 saturated heterocycles. The quantitative estimate of drug-likeness (QED) is 0.414. The average molecular weight is 475 g/mol. The molecule has 4 rings (SSSR count). The van der Waals surface area contributed by atoms with Gasteiger partial charge in [0.1, 0.15) is 5.82 Å². The molecule has 0 bridgehead atoms.